The summed E-state index contributed by atoms with van der Waals surface area (Å²) in [6.45, 7) is 0.744. The van der Waals surface area contributed by atoms with E-state index in [1.54, 1.807) is 0 Å². The summed E-state index contributed by atoms with van der Waals surface area (Å²) in [7, 11) is 1.31. The smallest absolute Gasteiger partial charge is 0.325 e. The van der Waals surface area contributed by atoms with Gasteiger partial charge >= 0.3 is 5.97 Å². The number of nitrogens with two attached hydrogens (primary N) is 1. The second kappa shape index (κ2) is 6.98. The summed E-state index contributed by atoms with van der Waals surface area (Å²) in [5, 5.41) is 0. The van der Waals surface area contributed by atoms with E-state index in [2.05, 4.69) is 4.74 Å². The van der Waals surface area contributed by atoms with E-state index in [-0.39, 0.29) is 6.61 Å². The van der Waals surface area contributed by atoms with Crippen LogP contribution < -0.4 is 5.73 Å². The zero-order valence-electron chi connectivity index (χ0n) is 9.39. The standard InChI is InChI=1S/C12H17NO3/c1-15-12(14)11(13)9-16-8-7-10-5-3-2-4-6-10/h2-6,11H,7-9,13H2,1H3/t11-/m1/s1. The van der Waals surface area contributed by atoms with Crippen LogP contribution in [0.5, 0.6) is 0 Å². The third-order valence-electron chi connectivity index (χ3n) is 2.18. The highest BCUT2D eigenvalue weighted by Crippen LogP contribution is 1.99. The SMILES string of the molecule is COC(=O)[C@H](N)COCCc1ccccc1. The molecule has 88 valence electrons. The highest BCUT2D eigenvalue weighted by atomic mass is 16.5. The molecule has 0 spiro atoms. The van der Waals surface area contributed by atoms with Gasteiger partial charge in [0.2, 0.25) is 0 Å². The number of carbonyl (C=O) groups excluding carboxylic acids is 1. The van der Waals surface area contributed by atoms with Crippen molar-refractivity contribution in [2.24, 2.45) is 5.73 Å². The molecule has 2 N–H and O–H groups in total. The van der Waals surface area contributed by atoms with Crippen molar-refractivity contribution < 1.29 is 14.3 Å². The quantitative estimate of drug-likeness (QED) is 0.571. The van der Waals surface area contributed by atoms with E-state index < -0.39 is 12.0 Å². The molecule has 0 saturated carbocycles. The summed E-state index contributed by atoms with van der Waals surface area (Å²) in [6.07, 6.45) is 0.814. The van der Waals surface area contributed by atoms with Crippen molar-refractivity contribution >= 4 is 5.97 Å². The second-order valence-corrected chi connectivity index (χ2v) is 3.44. The Kier molecular flexibility index (Phi) is 5.53. The molecule has 0 bridgehead atoms. The van der Waals surface area contributed by atoms with Gasteiger partial charge in [-0.25, -0.2) is 0 Å². The average molecular weight is 223 g/mol. The van der Waals surface area contributed by atoms with Crippen molar-refractivity contribution in [1.29, 1.82) is 0 Å². The largest absolute Gasteiger partial charge is 0.468 e. The Morgan fingerprint density at radius 3 is 2.69 bits per heavy atom. The Labute approximate surface area is 95.3 Å². The molecule has 0 amide bonds. The minimum Gasteiger partial charge on any atom is -0.468 e. The van der Waals surface area contributed by atoms with Crippen LogP contribution in [0.1, 0.15) is 5.56 Å². The van der Waals surface area contributed by atoms with E-state index in [9.17, 15) is 4.79 Å². The Morgan fingerprint density at radius 1 is 1.38 bits per heavy atom. The molecule has 0 radical (unpaired) electrons. The van der Waals surface area contributed by atoms with Gasteiger partial charge in [-0.2, -0.15) is 0 Å². The number of hydrogen-bond acceptors (Lipinski definition) is 4. The lowest BCUT2D eigenvalue weighted by atomic mass is 10.2. The fraction of sp³-hybridized carbons (Fsp3) is 0.417. The fourth-order valence-corrected chi connectivity index (χ4v) is 1.26. The Bertz CT molecular complexity index is 313. The molecular formula is C12H17NO3. The molecule has 0 heterocycles. The predicted octanol–water partition coefficient (Wildman–Crippen LogP) is 0.746. The van der Waals surface area contributed by atoms with Gasteiger partial charge in [0.05, 0.1) is 20.3 Å². The van der Waals surface area contributed by atoms with Crippen molar-refractivity contribution in [3.05, 3.63) is 35.9 Å². The summed E-state index contributed by atoms with van der Waals surface area (Å²) < 4.78 is 9.78. The molecule has 1 aromatic rings. The van der Waals surface area contributed by atoms with Crippen molar-refractivity contribution in [3.8, 4) is 0 Å². The maximum Gasteiger partial charge on any atom is 0.325 e. The molecule has 0 aliphatic rings. The van der Waals surface area contributed by atoms with Crippen LogP contribution >= 0.6 is 0 Å². The summed E-state index contributed by atoms with van der Waals surface area (Å²) in [5.74, 6) is -0.445. The number of ether oxygens (including phenoxy) is 2. The Hall–Kier alpha value is -1.39. The highest BCUT2D eigenvalue weighted by Gasteiger charge is 2.12. The average Bonchev–Trinajstić information content (AvgIpc) is 2.34. The summed E-state index contributed by atoms with van der Waals surface area (Å²) in [6, 6.07) is 9.30. The molecule has 1 rings (SSSR count). The van der Waals surface area contributed by atoms with E-state index in [4.69, 9.17) is 10.5 Å². The maximum atomic E-state index is 10.9. The third-order valence-corrected chi connectivity index (χ3v) is 2.18. The van der Waals surface area contributed by atoms with Gasteiger partial charge in [-0.15, -0.1) is 0 Å². The molecular weight excluding hydrogens is 206 g/mol. The van der Waals surface area contributed by atoms with Gasteiger partial charge in [-0.05, 0) is 12.0 Å². The molecule has 0 saturated heterocycles. The highest BCUT2D eigenvalue weighted by molar-refractivity contribution is 5.75. The molecule has 4 nitrogen and oxygen atoms in total. The van der Waals surface area contributed by atoms with Crippen LogP contribution in [0, 0.1) is 0 Å². The van der Waals surface area contributed by atoms with Gasteiger partial charge in [0.15, 0.2) is 0 Å². The number of rotatable bonds is 6. The molecule has 0 aliphatic heterocycles. The predicted molar refractivity (Wildman–Crippen MR) is 61.0 cm³/mol. The van der Waals surface area contributed by atoms with Crippen molar-refractivity contribution in [2.75, 3.05) is 20.3 Å². The number of esters is 1. The van der Waals surface area contributed by atoms with Gasteiger partial charge in [0.25, 0.3) is 0 Å². The zero-order chi connectivity index (χ0) is 11.8. The first-order valence-corrected chi connectivity index (χ1v) is 5.19. The van der Waals surface area contributed by atoms with Gasteiger partial charge in [0, 0.05) is 0 Å². The minimum absolute atomic E-state index is 0.194. The van der Waals surface area contributed by atoms with Crippen LogP contribution in [0.15, 0.2) is 30.3 Å². The number of methoxy groups -OCH3 is 1. The van der Waals surface area contributed by atoms with Crippen molar-refractivity contribution in [3.63, 3.8) is 0 Å². The van der Waals surface area contributed by atoms with Crippen LogP contribution in [0.3, 0.4) is 0 Å². The molecule has 16 heavy (non-hydrogen) atoms. The maximum absolute atomic E-state index is 10.9. The van der Waals surface area contributed by atoms with E-state index in [1.165, 1.54) is 12.7 Å². The summed E-state index contributed by atoms with van der Waals surface area (Å²) in [5.41, 5.74) is 6.71. The second-order valence-electron chi connectivity index (χ2n) is 3.44. The van der Waals surface area contributed by atoms with E-state index >= 15 is 0 Å². The summed E-state index contributed by atoms with van der Waals surface area (Å²) in [4.78, 5) is 10.9. The third kappa shape index (κ3) is 4.42. The molecule has 1 aromatic carbocycles. The van der Waals surface area contributed by atoms with Crippen LogP contribution in [-0.2, 0) is 20.7 Å². The van der Waals surface area contributed by atoms with Crippen LogP contribution in [0.2, 0.25) is 0 Å². The first-order valence-electron chi connectivity index (χ1n) is 5.19. The van der Waals surface area contributed by atoms with Gasteiger partial charge in [0.1, 0.15) is 6.04 Å². The Balaban J connectivity index is 2.15. The Morgan fingerprint density at radius 2 is 2.06 bits per heavy atom. The van der Waals surface area contributed by atoms with Crippen molar-refractivity contribution in [2.45, 2.75) is 12.5 Å². The van der Waals surface area contributed by atoms with E-state index in [0.717, 1.165) is 6.42 Å². The number of benzene rings is 1. The lowest BCUT2D eigenvalue weighted by Gasteiger charge is -2.09. The molecule has 0 aromatic heterocycles. The van der Waals surface area contributed by atoms with Gasteiger partial charge in [-0.1, -0.05) is 30.3 Å². The first kappa shape index (κ1) is 12.7. The minimum atomic E-state index is -0.694. The monoisotopic (exact) mass is 223 g/mol. The molecule has 0 unspecified atom stereocenters. The molecule has 0 aliphatic carbocycles. The molecule has 0 fully saturated rings. The topological polar surface area (TPSA) is 61.5 Å². The van der Waals surface area contributed by atoms with Crippen molar-refractivity contribution in [1.82, 2.24) is 0 Å². The zero-order valence-corrected chi connectivity index (χ0v) is 9.39. The first-order chi connectivity index (χ1) is 7.74. The van der Waals surface area contributed by atoms with Gasteiger partial charge < -0.3 is 15.2 Å². The van der Waals surface area contributed by atoms with Crippen LogP contribution in [-0.4, -0.2) is 32.3 Å². The number of carbonyl (C=O) groups is 1. The van der Waals surface area contributed by atoms with E-state index in [0.29, 0.717) is 6.61 Å². The summed E-state index contributed by atoms with van der Waals surface area (Å²) >= 11 is 0. The van der Waals surface area contributed by atoms with Crippen LogP contribution in [0.4, 0.5) is 0 Å². The lowest BCUT2D eigenvalue weighted by Crippen LogP contribution is -2.36. The fourth-order valence-electron chi connectivity index (χ4n) is 1.26. The lowest BCUT2D eigenvalue weighted by molar-refractivity contribution is -0.143. The van der Waals surface area contributed by atoms with Gasteiger partial charge in [-0.3, -0.25) is 4.79 Å². The number of hydrogen-bond donors (Lipinski definition) is 1. The normalized spacial score (nSPS) is 12.1. The van der Waals surface area contributed by atoms with Crippen LogP contribution in [0.25, 0.3) is 0 Å². The van der Waals surface area contributed by atoms with E-state index in [1.807, 2.05) is 30.3 Å². The molecule has 1 atom stereocenters. The molecule has 4 heteroatoms.